The van der Waals surface area contributed by atoms with Gasteiger partial charge in [0, 0.05) is 31.5 Å². The number of aromatic nitrogens is 2. The number of nitrogens with two attached hydrogens (primary N) is 1. The lowest BCUT2D eigenvalue weighted by Gasteiger charge is -2.35. The van der Waals surface area contributed by atoms with Crippen molar-refractivity contribution < 1.29 is 14.3 Å². The fourth-order valence-corrected chi connectivity index (χ4v) is 3.44. The molecule has 1 aliphatic heterocycles. The van der Waals surface area contributed by atoms with Crippen molar-refractivity contribution in [3.05, 3.63) is 29.7 Å². The van der Waals surface area contributed by atoms with Gasteiger partial charge in [0.2, 0.25) is 0 Å². The van der Waals surface area contributed by atoms with Gasteiger partial charge in [-0.05, 0) is 32.9 Å². The molecule has 2 atom stereocenters. The molecular formula is C18H26N4O3. The summed E-state index contributed by atoms with van der Waals surface area (Å²) in [5.74, 6) is -0.260. The number of ether oxygens (including phenoxy) is 2. The van der Waals surface area contributed by atoms with Gasteiger partial charge in [-0.2, -0.15) is 0 Å². The number of rotatable bonds is 5. The molecule has 2 aromatic heterocycles. The molecule has 0 aromatic carbocycles. The van der Waals surface area contributed by atoms with E-state index < -0.39 is 0 Å². The summed E-state index contributed by atoms with van der Waals surface area (Å²) in [6.45, 7) is 8.71. The van der Waals surface area contributed by atoms with Crippen LogP contribution in [0.1, 0.15) is 32.2 Å². The van der Waals surface area contributed by atoms with Crippen molar-refractivity contribution in [3.8, 4) is 0 Å². The molecule has 1 fully saturated rings. The molecule has 0 radical (unpaired) electrons. The molecular weight excluding hydrogens is 320 g/mol. The zero-order valence-corrected chi connectivity index (χ0v) is 15.1. The average Bonchev–Trinajstić information content (AvgIpc) is 2.83. The molecule has 136 valence electrons. The number of esters is 1. The number of hydrogen-bond acceptors (Lipinski definition) is 6. The number of hydrogen-bond donors (Lipinski definition) is 1. The van der Waals surface area contributed by atoms with Crippen LogP contribution in [0.15, 0.2) is 18.3 Å². The lowest BCUT2D eigenvalue weighted by Crippen LogP contribution is -2.45. The molecule has 2 N–H and O–H groups in total. The first-order chi connectivity index (χ1) is 12.0. The summed E-state index contributed by atoms with van der Waals surface area (Å²) in [4.78, 5) is 18.9. The second-order valence-electron chi connectivity index (χ2n) is 6.63. The van der Waals surface area contributed by atoms with Gasteiger partial charge in [-0.1, -0.05) is 0 Å². The van der Waals surface area contributed by atoms with E-state index in [4.69, 9.17) is 15.2 Å². The van der Waals surface area contributed by atoms with E-state index >= 15 is 0 Å². The van der Waals surface area contributed by atoms with E-state index in [0.717, 1.165) is 30.1 Å². The Bertz CT molecular complexity index is 748. The Balaban J connectivity index is 1.92. The standard InChI is InChI=1S/C18H26N4O3/c1-4-24-18(23)7-15-16(11-21-8-12(2)25-13(3)9-21)22-10-14(19)5-6-17(22)20-15/h5-6,10,12-13H,4,7-9,11,19H2,1-3H3. The molecule has 7 heteroatoms. The van der Waals surface area contributed by atoms with Crippen LogP contribution in [0.5, 0.6) is 0 Å². The molecule has 2 unspecified atom stereocenters. The Labute approximate surface area is 147 Å². The van der Waals surface area contributed by atoms with Crippen LogP contribution in [-0.4, -0.2) is 52.2 Å². The molecule has 2 aromatic rings. The zero-order chi connectivity index (χ0) is 18.0. The van der Waals surface area contributed by atoms with Crippen molar-refractivity contribution in [3.63, 3.8) is 0 Å². The summed E-state index contributed by atoms with van der Waals surface area (Å²) in [7, 11) is 0. The van der Waals surface area contributed by atoms with Gasteiger partial charge in [-0.25, -0.2) is 4.98 Å². The highest BCUT2D eigenvalue weighted by atomic mass is 16.5. The van der Waals surface area contributed by atoms with Crippen molar-refractivity contribution >= 4 is 17.3 Å². The second-order valence-corrected chi connectivity index (χ2v) is 6.63. The fourth-order valence-electron chi connectivity index (χ4n) is 3.44. The number of nitrogen functional groups attached to an aromatic ring is 1. The molecule has 1 saturated heterocycles. The zero-order valence-electron chi connectivity index (χ0n) is 15.1. The average molecular weight is 346 g/mol. The summed E-state index contributed by atoms with van der Waals surface area (Å²) >= 11 is 0. The SMILES string of the molecule is CCOC(=O)Cc1nc2ccc(N)cn2c1CN1CC(C)OC(C)C1. The largest absolute Gasteiger partial charge is 0.466 e. The molecule has 0 spiro atoms. The van der Waals surface area contributed by atoms with Gasteiger partial charge in [-0.15, -0.1) is 0 Å². The minimum absolute atomic E-state index is 0.167. The van der Waals surface area contributed by atoms with Crippen molar-refractivity contribution in [2.75, 3.05) is 25.4 Å². The normalized spacial score (nSPS) is 21.6. The quantitative estimate of drug-likeness (QED) is 0.829. The van der Waals surface area contributed by atoms with E-state index in [0.29, 0.717) is 18.8 Å². The molecule has 25 heavy (non-hydrogen) atoms. The number of anilines is 1. The van der Waals surface area contributed by atoms with E-state index in [1.165, 1.54) is 0 Å². The third-order valence-electron chi connectivity index (χ3n) is 4.31. The molecule has 0 amide bonds. The molecule has 7 nitrogen and oxygen atoms in total. The second kappa shape index (κ2) is 7.41. The van der Waals surface area contributed by atoms with Gasteiger partial charge < -0.3 is 19.6 Å². The highest BCUT2D eigenvalue weighted by Crippen LogP contribution is 2.20. The Hall–Kier alpha value is -2.12. The Kier molecular flexibility index (Phi) is 5.24. The molecule has 3 heterocycles. The fraction of sp³-hybridized carbons (Fsp3) is 0.556. The van der Waals surface area contributed by atoms with Gasteiger partial charge in [0.05, 0.1) is 36.6 Å². The Morgan fingerprint density at radius 2 is 2.08 bits per heavy atom. The number of fused-ring (bicyclic) bond motifs is 1. The Morgan fingerprint density at radius 3 is 2.76 bits per heavy atom. The van der Waals surface area contributed by atoms with E-state index in [9.17, 15) is 4.79 Å². The number of morpholine rings is 1. The molecule has 0 bridgehead atoms. The van der Waals surface area contributed by atoms with E-state index in [1.807, 2.05) is 22.7 Å². The van der Waals surface area contributed by atoms with Gasteiger partial charge in [-0.3, -0.25) is 9.69 Å². The molecule has 3 rings (SSSR count). The van der Waals surface area contributed by atoms with Crippen LogP contribution in [0.25, 0.3) is 5.65 Å². The lowest BCUT2D eigenvalue weighted by molar-refractivity contribution is -0.142. The maximum atomic E-state index is 12.0. The van der Waals surface area contributed by atoms with E-state index in [-0.39, 0.29) is 24.6 Å². The summed E-state index contributed by atoms with van der Waals surface area (Å²) < 4.78 is 12.9. The number of nitrogens with zero attached hydrogens (tertiary/aromatic N) is 3. The third kappa shape index (κ3) is 4.11. The van der Waals surface area contributed by atoms with Crippen LogP contribution >= 0.6 is 0 Å². The number of carbonyl (C=O) groups excluding carboxylic acids is 1. The first-order valence-corrected chi connectivity index (χ1v) is 8.75. The van der Waals surface area contributed by atoms with Crippen LogP contribution in [0.2, 0.25) is 0 Å². The van der Waals surface area contributed by atoms with Crippen LogP contribution in [0.3, 0.4) is 0 Å². The van der Waals surface area contributed by atoms with Crippen LogP contribution in [0, 0.1) is 0 Å². The topological polar surface area (TPSA) is 82.1 Å². The maximum absolute atomic E-state index is 12.0. The van der Waals surface area contributed by atoms with E-state index in [2.05, 4.69) is 23.7 Å². The first kappa shape index (κ1) is 17.7. The third-order valence-corrected chi connectivity index (χ3v) is 4.31. The van der Waals surface area contributed by atoms with Crippen LogP contribution < -0.4 is 5.73 Å². The van der Waals surface area contributed by atoms with Gasteiger partial charge in [0.1, 0.15) is 5.65 Å². The monoisotopic (exact) mass is 346 g/mol. The van der Waals surface area contributed by atoms with Gasteiger partial charge in [0.15, 0.2) is 0 Å². The van der Waals surface area contributed by atoms with Crippen LogP contribution in [-0.2, 0) is 27.2 Å². The summed E-state index contributed by atoms with van der Waals surface area (Å²) in [5.41, 5.74) is 9.14. The van der Waals surface area contributed by atoms with Crippen molar-refractivity contribution in [1.29, 1.82) is 0 Å². The number of pyridine rings is 1. The molecule has 0 aliphatic carbocycles. The molecule has 1 aliphatic rings. The van der Waals surface area contributed by atoms with Crippen molar-refractivity contribution in [2.45, 2.75) is 45.9 Å². The van der Waals surface area contributed by atoms with Gasteiger partial charge >= 0.3 is 5.97 Å². The van der Waals surface area contributed by atoms with Crippen LogP contribution in [0.4, 0.5) is 5.69 Å². The summed E-state index contributed by atoms with van der Waals surface area (Å²) in [5, 5.41) is 0. The highest BCUT2D eigenvalue weighted by Gasteiger charge is 2.25. The van der Waals surface area contributed by atoms with Crippen molar-refractivity contribution in [2.24, 2.45) is 0 Å². The minimum Gasteiger partial charge on any atom is -0.466 e. The molecule has 0 saturated carbocycles. The first-order valence-electron chi connectivity index (χ1n) is 8.75. The summed E-state index contributed by atoms with van der Waals surface area (Å²) in [6.07, 6.45) is 2.39. The highest BCUT2D eigenvalue weighted by molar-refractivity contribution is 5.73. The lowest BCUT2D eigenvalue weighted by atomic mass is 10.2. The maximum Gasteiger partial charge on any atom is 0.311 e. The smallest absolute Gasteiger partial charge is 0.311 e. The van der Waals surface area contributed by atoms with Gasteiger partial charge in [0.25, 0.3) is 0 Å². The number of imidazole rings is 1. The van der Waals surface area contributed by atoms with E-state index in [1.54, 1.807) is 6.92 Å². The Morgan fingerprint density at radius 1 is 1.36 bits per heavy atom. The van der Waals surface area contributed by atoms with Crippen molar-refractivity contribution in [1.82, 2.24) is 14.3 Å². The predicted octanol–water partition coefficient (Wildman–Crippen LogP) is 1.63. The summed E-state index contributed by atoms with van der Waals surface area (Å²) in [6, 6.07) is 3.69. The minimum atomic E-state index is -0.260. The number of carbonyl (C=O) groups is 1. The predicted molar refractivity (Wildman–Crippen MR) is 95.2 cm³/mol.